The van der Waals surface area contributed by atoms with Gasteiger partial charge >= 0.3 is 0 Å². The zero-order chi connectivity index (χ0) is 15.6. The molecule has 6 heteroatoms. The summed E-state index contributed by atoms with van der Waals surface area (Å²) in [6.45, 7) is 3.31. The van der Waals surface area contributed by atoms with Crippen molar-refractivity contribution in [1.29, 1.82) is 0 Å². The Morgan fingerprint density at radius 3 is 2.68 bits per heavy atom. The van der Waals surface area contributed by atoms with Gasteiger partial charge in [0.1, 0.15) is 4.21 Å². The second-order valence-corrected chi connectivity index (χ2v) is 8.36. The van der Waals surface area contributed by atoms with Crippen LogP contribution in [-0.4, -0.2) is 32.4 Å². The molecule has 1 saturated heterocycles. The molecule has 0 N–H and O–H groups in total. The fourth-order valence-electron chi connectivity index (χ4n) is 2.55. The first-order valence-electron chi connectivity index (χ1n) is 7.35. The SMILES string of the molecule is CCc1ccc(C2CN(S(=O)(=O)c3cccs3)CCO2)cc1. The van der Waals surface area contributed by atoms with Crippen LogP contribution >= 0.6 is 11.3 Å². The van der Waals surface area contributed by atoms with Gasteiger partial charge in [0.25, 0.3) is 10.0 Å². The number of hydrogen-bond acceptors (Lipinski definition) is 4. The summed E-state index contributed by atoms with van der Waals surface area (Å²) in [7, 11) is -3.40. The van der Waals surface area contributed by atoms with Gasteiger partial charge in [0.15, 0.2) is 0 Å². The minimum atomic E-state index is -3.40. The third kappa shape index (κ3) is 3.10. The van der Waals surface area contributed by atoms with E-state index in [4.69, 9.17) is 4.74 Å². The van der Waals surface area contributed by atoms with Gasteiger partial charge in [0.05, 0.1) is 12.7 Å². The van der Waals surface area contributed by atoms with E-state index in [0.29, 0.717) is 23.9 Å². The van der Waals surface area contributed by atoms with Crippen LogP contribution in [0.1, 0.15) is 24.2 Å². The van der Waals surface area contributed by atoms with E-state index in [1.165, 1.54) is 21.2 Å². The summed E-state index contributed by atoms with van der Waals surface area (Å²) >= 11 is 1.26. The maximum atomic E-state index is 12.6. The van der Waals surface area contributed by atoms with Gasteiger partial charge < -0.3 is 4.74 Å². The van der Waals surface area contributed by atoms with E-state index >= 15 is 0 Å². The van der Waals surface area contributed by atoms with Crippen LogP contribution in [0.3, 0.4) is 0 Å². The molecule has 0 saturated carbocycles. The van der Waals surface area contributed by atoms with Crippen molar-refractivity contribution >= 4 is 21.4 Å². The molecule has 1 fully saturated rings. The van der Waals surface area contributed by atoms with Crippen LogP contribution in [0.15, 0.2) is 46.0 Å². The molecule has 2 heterocycles. The molecule has 1 aliphatic heterocycles. The summed E-state index contributed by atoms with van der Waals surface area (Å²) in [5.41, 5.74) is 2.30. The summed E-state index contributed by atoms with van der Waals surface area (Å²) in [6, 6.07) is 11.6. The molecule has 0 spiro atoms. The molecule has 1 aromatic carbocycles. The van der Waals surface area contributed by atoms with Crippen LogP contribution in [0.25, 0.3) is 0 Å². The molecule has 1 aromatic heterocycles. The normalized spacial score (nSPS) is 20.1. The van der Waals surface area contributed by atoms with Gasteiger partial charge in [-0.3, -0.25) is 0 Å². The third-order valence-corrected chi connectivity index (χ3v) is 7.12. The maximum Gasteiger partial charge on any atom is 0.252 e. The highest BCUT2D eigenvalue weighted by atomic mass is 32.2. The second kappa shape index (κ2) is 6.50. The lowest BCUT2D eigenvalue weighted by atomic mass is 10.1. The molecular weight excluding hydrogens is 318 g/mol. The number of ether oxygens (including phenoxy) is 1. The summed E-state index contributed by atoms with van der Waals surface area (Å²) in [4.78, 5) is 0. The van der Waals surface area contributed by atoms with Crippen molar-refractivity contribution in [1.82, 2.24) is 4.31 Å². The number of aryl methyl sites for hydroxylation is 1. The Labute approximate surface area is 135 Å². The number of benzene rings is 1. The monoisotopic (exact) mass is 337 g/mol. The van der Waals surface area contributed by atoms with Crippen molar-refractivity contribution in [3.05, 3.63) is 52.9 Å². The van der Waals surface area contributed by atoms with Crippen LogP contribution in [-0.2, 0) is 21.2 Å². The van der Waals surface area contributed by atoms with Crippen molar-refractivity contribution in [3.63, 3.8) is 0 Å². The molecule has 2 aromatic rings. The number of nitrogens with zero attached hydrogens (tertiary/aromatic N) is 1. The van der Waals surface area contributed by atoms with Gasteiger partial charge in [-0.25, -0.2) is 8.42 Å². The van der Waals surface area contributed by atoms with E-state index in [2.05, 4.69) is 19.1 Å². The van der Waals surface area contributed by atoms with Crippen LogP contribution < -0.4 is 0 Å². The Bertz CT molecular complexity index is 708. The first kappa shape index (κ1) is 15.7. The highest BCUT2D eigenvalue weighted by Gasteiger charge is 2.31. The van der Waals surface area contributed by atoms with Crippen LogP contribution in [0.2, 0.25) is 0 Å². The molecule has 3 rings (SSSR count). The molecule has 0 amide bonds. The molecule has 0 bridgehead atoms. The minimum Gasteiger partial charge on any atom is -0.371 e. The molecule has 1 aliphatic rings. The summed E-state index contributed by atoms with van der Waals surface area (Å²) in [6.07, 6.45) is 0.791. The predicted molar refractivity (Wildman–Crippen MR) is 87.6 cm³/mol. The highest BCUT2D eigenvalue weighted by Crippen LogP contribution is 2.28. The highest BCUT2D eigenvalue weighted by molar-refractivity contribution is 7.91. The standard InChI is InChI=1S/C16H19NO3S2/c1-2-13-5-7-14(8-6-13)15-12-17(9-10-20-15)22(18,19)16-4-3-11-21-16/h3-8,11,15H,2,9-10,12H2,1H3. The zero-order valence-corrected chi connectivity index (χ0v) is 14.1. The molecule has 0 aliphatic carbocycles. The first-order chi connectivity index (χ1) is 10.6. The van der Waals surface area contributed by atoms with Crippen molar-refractivity contribution < 1.29 is 13.2 Å². The van der Waals surface area contributed by atoms with E-state index in [0.717, 1.165) is 12.0 Å². The van der Waals surface area contributed by atoms with Crippen LogP contribution in [0.4, 0.5) is 0 Å². The number of sulfonamides is 1. The lowest BCUT2D eigenvalue weighted by Gasteiger charge is -2.32. The van der Waals surface area contributed by atoms with Gasteiger partial charge in [0, 0.05) is 13.1 Å². The Morgan fingerprint density at radius 1 is 1.27 bits per heavy atom. The molecule has 118 valence electrons. The molecule has 1 atom stereocenters. The van der Waals surface area contributed by atoms with Crippen LogP contribution in [0, 0.1) is 0 Å². The van der Waals surface area contributed by atoms with E-state index in [1.54, 1.807) is 17.5 Å². The quantitative estimate of drug-likeness (QED) is 0.861. The predicted octanol–water partition coefficient (Wildman–Crippen LogP) is 3.07. The minimum absolute atomic E-state index is 0.200. The molecule has 0 radical (unpaired) electrons. The van der Waals surface area contributed by atoms with Crippen molar-refractivity contribution in [2.75, 3.05) is 19.7 Å². The fourth-order valence-corrected chi connectivity index (χ4v) is 5.12. The zero-order valence-electron chi connectivity index (χ0n) is 12.4. The molecule has 1 unspecified atom stereocenters. The van der Waals surface area contributed by atoms with Crippen molar-refractivity contribution in [2.24, 2.45) is 0 Å². The molecule has 22 heavy (non-hydrogen) atoms. The molecular formula is C16H19NO3S2. The summed E-state index contributed by atoms with van der Waals surface area (Å²) < 4.78 is 32.9. The Kier molecular flexibility index (Phi) is 4.63. The number of thiophene rings is 1. The fraction of sp³-hybridized carbons (Fsp3) is 0.375. The Balaban J connectivity index is 1.79. The van der Waals surface area contributed by atoms with Gasteiger partial charge in [-0.15, -0.1) is 11.3 Å². The average molecular weight is 337 g/mol. The second-order valence-electron chi connectivity index (χ2n) is 5.25. The van der Waals surface area contributed by atoms with E-state index in [1.807, 2.05) is 12.1 Å². The third-order valence-electron chi connectivity index (χ3n) is 3.88. The maximum absolute atomic E-state index is 12.6. The Morgan fingerprint density at radius 2 is 2.05 bits per heavy atom. The van der Waals surface area contributed by atoms with E-state index < -0.39 is 10.0 Å². The number of morpholine rings is 1. The average Bonchev–Trinajstić information content (AvgIpc) is 3.10. The van der Waals surface area contributed by atoms with Gasteiger partial charge in [-0.1, -0.05) is 37.3 Å². The van der Waals surface area contributed by atoms with Crippen molar-refractivity contribution in [2.45, 2.75) is 23.7 Å². The van der Waals surface area contributed by atoms with E-state index in [9.17, 15) is 8.42 Å². The largest absolute Gasteiger partial charge is 0.371 e. The van der Waals surface area contributed by atoms with Gasteiger partial charge in [0.2, 0.25) is 0 Å². The van der Waals surface area contributed by atoms with Crippen LogP contribution in [0.5, 0.6) is 0 Å². The lowest BCUT2D eigenvalue weighted by Crippen LogP contribution is -2.41. The van der Waals surface area contributed by atoms with Gasteiger partial charge in [-0.2, -0.15) is 4.31 Å². The van der Waals surface area contributed by atoms with Crippen molar-refractivity contribution in [3.8, 4) is 0 Å². The number of hydrogen-bond donors (Lipinski definition) is 0. The summed E-state index contributed by atoms with van der Waals surface area (Å²) in [5, 5.41) is 1.79. The number of rotatable bonds is 4. The smallest absolute Gasteiger partial charge is 0.252 e. The Hall–Kier alpha value is -1.21. The summed E-state index contributed by atoms with van der Waals surface area (Å²) in [5.74, 6) is 0. The first-order valence-corrected chi connectivity index (χ1v) is 9.67. The molecule has 4 nitrogen and oxygen atoms in total. The lowest BCUT2D eigenvalue weighted by molar-refractivity contribution is -0.00250. The van der Waals surface area contributed by atoms with Gasteiger partial charge in [-0.05, 0) is 29.0 Å². The topological polar surface area (TPSA) is 46.6 Å². The van der Waals surface area contributed by atoms with E-state index in [-0.39, 0.29) is 6.10 Å².